The second-order valence-corrected chi connectivity index (χ2v) is 7.87. The lowest BCUT2D eigenvalue weighted by atomic mass is 9.96. The van der Waals surface area contributed by atoms with Crippen molar-refractivity contribution in [2.45, 2.75) is 52.1 Å². The van der Waals surface area contributed by atoms with E-state index in [1.165, 1.54) is 0 Å². The first-order chi connectivity index (χ1) is 15.2. The van der Waals surface area contributed by atoms with Crippen molar-refractivity contribution in [3.63, 3.8) is 0 Å². The lowest BCUT2D eigenvalue weighted by Gasteiger charge is -2.19. The quantitative estimate of drug-likeness (QED) is 0.311. The average molecular weight is 444 g/mol. The van der Waals surface area contributed by atoms with E-state index in [1.807, 2.05) is 38.1 Å². The van der Waals surface area contributed by atoms with Gasteiger partial charge in [0.15, 0.2) is 0 Å². The van der Waals surface area contributed by atoms with Gasteiger partial charge in [-0.3, -0.25) is 14.4 Å². The van der Waals surface area contributed by atoms with Crippen LogP contribution in [0.15, 0.2) is 36.4 Å². The van der Waals surface area contributed by atoms with Gasteiger partial charge in [0.1, 0.15) is 17.5 Å². The molecule has 2 aromatic carbocycles. The third-order valence-electron chi connectivity index (χ3n) is 5.24. The number of hydroxylamine groups is 1. The summed E-state index contributed by atoms with van der Waals surface area (Å²) in [4.78, 5) is 29.8. The van der Waals surface area contributed by atoms with Gasteiger partial charge in [0.2, 0.25) is 5.91 Å². The molecule has 0 radical (unpaired) electrons. The second-order valence-electron chi connectivity index (χ2n) is 7.87. The zero-order chi connectivity index (χ0) is 23.7. The highest BCUT2D eigenvalue weighted by Crippen LogP contribution is 2.21. The van der Waals surface area contributed by atoms with Gasteiger partial charge in [-0.15, -0.1) is 0 Å². The number of benzene rings is 2. The van der Waals surface area contributed by atoms with Crippen LogP contribution in [0.5, 0.6) is 11.5 Å². The van der Waals surface area contributed by atoms with Gasteiger partial charge >= 0.3 is 0 Å². The number of methoxy groups -OCH3 is 1. The fourth-order valence-corrected chi connectivity index (χ4v) is 3.34. The number of hydrogen-bond donors (Lipinski definition) is 4. The number of nitrogens with one attached hydrogen (secondary N) is 2. The highest BCUT2D eigenvalue weighted by Gasteiger charge is 2.21. The minimum atomic E-state index is -0.822. The zero-order valence-corrected chi connectivity index (χ0v) is 19.1. The van der Waals surface area contributed by atoms with E-state index in [0.717, 1.165) is 40.8 Å². The number of nitrogens with two attached hydrogens (primary N) is 1. The third-order valence-corrected chi connectivity index (χ3v) is 5.24. The van der Waals surface area contributed by atoms with Crippen LogP contribution in [0.3, 0.4) is 0 Å². The molecule has 174 valence electrons. The van der Waals surface area contributed by atoms with Crippen LogP contribution in [-0.4, -0.2) is 42.7 Å². The topological polar surface area (TPSA) is 123 Å². The number of rotatable bonds is 11. The summed E-state index contributed by atoms with van der Waals surface area (Å²) < 4.78 is 5.13. The van der Waals surface area contributed by atoms with Crippen molar-refractivity contribution in [2.24, 2.45) is 5.73 Å². The largest absolute Gasteiger partial charge is 0.508 e. The third kappa shape index (κ3) is 7.55. The molecule has 5 N–H and O–H groups in total. The summed E-state index contributed by atoms with van der Waals surface area (Å²) >= 11 is 0. The van der Waals surface area contributed by atoms with E-state index in [4.69, 9.17) is 15.3 Å². The fourth-order valence-electron chi connectivity index (χ4n) is 3.34. The SMILES string of the molecule is COc1ccc(CCCONC(=O)[C@@H](C)NC(=O)C(N)Cc2c(C)cc(O)cc2C)cc1. The molecule has 32 heavy (non-hydrogen) atoms. The molecule has 0 aliphatic rings. The van der Waals surface area contributed by atoms with Gasteiger partial charge in [0.25, 0.3) is 5.91 Å². The standard InChI is InChI=1S/C24H33N3O5/c1-15-12-19(28)13-16(2)21(15)14-22(25)24(30)26-17(3)23(29)27-32-11-5-6-18-7-9-20(31-4)10-8-18/h7-10,12-13,17,22,28H,5-6,11,14,25H2,1-4H3,(H,26,30)(H,27,29)/t17-,22?/m1/s1. The van der Waals surface area contributed by atoms with Crippen LogP contribution in [0.2, 0.25) is 0 Å². The zero-order valence-electron chi connectivity index (χ0n) is 19.1. The fraction of sp³-hybridized carbons (Fsp3) is 0.417. The summed E-state index contributed by atoms with van der Waals surface area (Å²) in [6, 6.07) is 9.42. The molecule has 0 heterocycles. The summed E-state index contributed by atoms with van der Waals surface area (Å²) in [6.07, 6.45) is 1.83. The van der Waals surface area contributed by atoms with E-state index >= 15 is 0 Å². The molecule has 0 spiro atoms. The van der Waals surface area contributed by atoms with Crippen LogP contribution >= 0.6 is 0 Å². The van der Waals surface area contributed by atoms with E-state index in [0.29, 0.717) is 13.0 Å². The van der Waals surface area contributed by atoms with Crippen molar-refractivity contribution >= 4 is 11.8 Å². The summed E-state index contributed by atoms with van der Waals surface area (Å²) in [5.74, 6) is 0.100. The molecule has 0 aromatic heterocycles. The summed E-state index contributed by atoms with van der Waals surface area (Å²) in [7, 11) is 1.63. The Labute approximate surface area is 189 Å². The van der Waals surface area contributed by atoms with Crippen molar-refractivity contribution < 1.29 is 24.3 Å². The second kappa shape index (κ2) is 12.1. The van der Waals surface area contributed by atoms with Gasteiger partial charge < -0.3 is 20.9 Å². The first kappa shape index (κ1) is 25.2. The molecule has 0 aliphatic carbocycles. The molecule has 2 atom stereocenters. The van der Waals surface area contributed by atoms with Crippen LogP contribution in [0.25, 0.3) is 0 Å². The van der Waals surface area contributed by atoms with Crippen LogP contribution < -0.4 is 21.3 Å². The van der Waals surface area contributed by atoms with Crippen molar-refractivity contribution in [1.29, 1.82) is 0 Å². The van der Waals surface area contributed by atoms with E-state index < -0.39 is 23.9 Å². The van der Waals surface area contributed by atoms with E-state index in [1.54, 1.807) is 26.2 Å². The molecule has 0 saturated carbocycles. The summed E-state index contributed by atoms with van der Waals surface area (Å²) in [5, 5.41) is 12.3. The monoisotopic (exact) mass is 443 g/mol. The Hall–Kier alpha value is -3.10. The van der Waals surface area contributed by atoms with Crippen molar-refractivity contribution in [3.05, 3.63) is 58.7 Å². The predicted molar refractivity (Wildman–Crippen MR) is 122 cm³/mol. The van der Waals surface area contributed by atoms with Crippen molar-refractivity contribution in [3.8, 4) is 11.5 Å². The molecular formula is C24H33N3O5. The van der Waals surface area contributed by atoms with Crippen LogP contribution in [0.1, 0.15) is 35.6 Å². The molecule has 1 unspecified atom stereocenters. The Bertz CT molecular complexity index is 891. The number of aromatic hydroxyl groups is 1. The number of carbonyl (C=O) groups is 2. The summed E-state index contributed by atoms with van der Waals surface area (Å²) in [6.45, 7) is 5.62. The van der Waals surface area contributed by atoms with E-state index in [9.17, 15) is 14.7 Å². The maximum atomic E-state index is 12.4. The highest BCUT2D eigenvalue weighted by molar-refractivity contribution is 5.89. The number of phenolic OH excluding ortho intramolecular Hbond substituents is 1. The summed E-state index contributed by atoms with van der Waals surface area (Å²) in [5.41, 5.74) is 12.2. The molecule has 8 heteroatoms. The molecule has 0 bridgehead atoms. The highest BCUT2D eigenvalue weighted by atomic mass is 16.6. The molecule has 0 aliphatic heterocycles. The molecule has 2 aromatic rings. The Morgan fingerprint density at radius 2 is 1.72 bits per heavy atom. The molecule has 0 saturated heterocycles. The van der Waals surface area contributed by atoms with Crippen LogP contribution in [0, 0.1) is 13.8 Å². The number of aryl methyl sites for hydroxylation is 3. The smallest absolute Gasteiger partial charge is 0.265 e. The minimum Gasteiger partial charge on any atom is -0.508 e. The maximum Gasteiger partial charge on any atom is 0.265 e. The van der Waals surface area contributed by atoms with Crippen molar-refractivity contribution in [2.75, 3.05) is 13.7 Å². The number of phenols is 1. The van der Waals surface area contributed by atoms with Crippen molar-refractivity contribution in [1.82, 2.24) is 10.8 Å². The number of amides is 2. The predicted octanol–water partition coefficient (Wildman–Crippen LogP) is 2.07. The first-order valence-electron chi connectivity index (χ1n) is 10.6. The van der Waals surface area contributed by atoms with Gasteiger partial charge in [0.05, 0.1) is 19.8 Å². The molecule has 8 nitrogen and oxygen atoms in total. The molecular weight excluding hydrogens is 410 g/mol. The van der Waals surface area contributed by atoms with Crippen LogP contribution in [0.4, 0.5) is 0 Å². The Morgan fingerprint density at radius 1 is 1.09 bits per heavy atom. The molecule has 2 amide bonds. The van der Waals surface area contributed by atoms with E-state index in [-0.39, 0.29) is 5.75 Å². The number of hydrogen-bond acceptors (Lipinski definition) is 6. The molecule has 2 rings (SSSR count). The Balaban J connectivity index is 1.71. The van der Waals surface area contributed by atoms with Gasteiger partial charge in [-0.25, -0.2) is 5.48 Å². The number of ether oxygens (including phenoxy) is 1. The van der Waals surface area contributed by atoms with Gasteiger partial charge in [-0.05, 0) is 86.6 Å². The normalized spacial score (nSPS) is 12.7. The lowest BCUT2D eigenvalue weighted by Crippen LogP contribution is -2.50. The van der Waals surface area contributed by atoms with Gasteiger partial charge in [-0.2, -0.15) is 0 Å². The Kier molecular flexibility index (Phi) is 9.49. The maximum absolute atomic E-state index is 12.4. The van der Waals surface area contributed by atoms with E-state index in [2.05, 4.69) is 10.8 Å². The number of carbonyl (C=O) groups excluding carboxylic acids is 2. The van der Waals surface area contributed by atoms with Gasteiger partial charge in [0, 0.05) is 0 Å². The van der Waals surface area contributed by atoms with Gasteiger partial charge in [-0.1, -0.05) is 12.1 Å². The average Bonchev–Trinajstić information content (AvgIpc) is 2.75. The Morgan fingerprint density at radius 3 is 2.31 bits per heavy atom. The van der Waals surface area contributed by atoms with Crippen LogP contribution in [-0.2, 0) is 27.3 Å². The first-order valence-corrected chi connectivity index (χ1v) is 10.6. The molecule has 0 fully saturated rings. The lowest BCUT2D eigenvalue weighted by molar-refractivity contribution is -0.138. The minimum absolute atomic E-state index is 0.177.